The molecule has 3 nitrogen and oxygen atoms in total. The smallest absolute Gasteiger partial charge is 0.123 e. The fourth-order valence-electron chi connectivity index (χ4n) is 4.60. The Bertz CT molecular complexity index is 529. The van der Waals surface area contributed by atoms with Crippen molar-refractivity contribution in [3.63, 3.8) is 0 Å². The lowest BCUT2D eigenvalue weighted by Gasteiger charge is -2.42. The Labute approximate surface area is 132 Å². The molecule has 1 unspecified atom stereocenters. The highest BCUT2D eigenvalue weighted by Gasteiger charge is 2.42. The van der Waals surface area contributed by atoms with E-state index < -0.39 is 0 Å². The van der Waals surface area contributed by atoms with Crippen molar-refractivity contribution in [2.45, 2.75) is 43.6 Å². The van der Waals surface area contributed by atoms with Gasteiger partial charge in [0.05, 0.1) is 0 Å². The molecule has 0 amide bonds. The third-order valence-electron chi connectivity index (χ3n) is 5.99. The molecular formula is C18H26FN3. The second-order valence-electron chi connectivity index (χ2n) is 7.19. The second-order valence-corrected chi connectivity index (χ2v) is 7.19. The highest BCUT2D eigenvalue weighted by atomic mass is 19.1. The van der Waals surface area contributed by atoms with E-state index in [0.717, 1.165) is 50.7 Å². The van der Waals surface area contributed by atoms with Crippen molar-refractivity contribution in [2.75, 3.05) is 38.0 Å². The van der Waals surface area contributed by atoms with Crippen molar-refractivity contribution in [3.8, 4) is 0 Å². The molecule has 0 aliphatic carbocycles. The Balaban J connectivity index is 1.47. The molecule has 22 heavy (non-hydrogen) atoms. The van der Waals surface area contributed by atoms with E-state index in [1.54, 1.807) is 12.1 Å². The molecule has 4 heteroatoms. The van der Waals surface area contributed by atoms with Gasteiger partial charge in [-0.15, -0.1) is 0 Å². The molecule has 2 fully saturated rings. The van der Waals surface area contributed by atoms with Crippen molar-refractivity contribution in [3.05, 3.63) is 29.6 Å². The minimum absolute atomic E-state index is 0.0981. The Morgan fingerprint density at radius 2 is 2.00 bits per heavy atom. The van der Waals surface area contributed by atoms with Crippen LogP contribution in [0.2, 0.25) is 0 Å². The lowest BCUT2D eigenvalue weighted by atomic mass is 9.74. The summed E-state index contributed by atoms with van der Waals surface area (Å²) in [4.78, 5) is 2.69. The molecule has 1 spiro atoms. The van der Waals surface area contributed by atoms with Gasteiger partial charge in [0.15, 0.2) is 0 Å². The summed E-state index contributed by atoms with van der Waals surface area (Å²) in [7, 11) is 0. The van der Waals surface area contributed by atoms with E-state index in [4.69, 9.17) is 0 Å². The molecule has 3 aliphatic rings. The largest absolute Gasteiger partial charge is 0.384 e. The molecule has 3 aliphatic heterocycles. The summed E-state index contributed by atoms with van der Waals surface area (Å²) in [5, 5.41) is 7.00. The zero-order valence-corrected chi connectivity index (χ0v) is 13.2. The normalized spacial score (nSPS) is 28.1. The van der Waals surface area contributed by atoms with Gasteiger partial charge in [-0.1, -0.05) is 0 Å². The number of benzene rings is 1. The van der Waals surface area contributed by atoms with Gasteiger partial charge < -0.3 is 15.5 Å². The van der Waals surface area contributed by atoms with Crippen LogP contribution in [0.15, 0.2) is 18.2 Å². The van der Waals surface area contributed by atoms with Crippen LogP contribution in [0.3, 0.4) is 0 Å². The molecule has 120 valence electrons. The van der Waals surface area contributed by atoms with Gasteiger partial charge in [0.25, 0.3) is 0 Å². The fourth-order valence-corrected chi connectivity index (χ4v) is 4.60. The first-order valence-electron chi connectivity index (χ1n) is 8.76. The Hall–Kier alpha value is -1.13. The third kappa shape index (κ3) is 2.52. The molecule has 1 atom stereocenters. The van der Waals surface area contributed by atoms with Crippen LogP contribution in [0, 0.1) is 5.82 Å². The number of piperidine rings is 1. The molecule has 4 rings (SSSR count). The fraction of sp³-hybridized carbons (Fsp3) is 0.667. The summed E-state index contributed by atoms with van der Waals surface area (Å²) in [6.45, 7) is 5.61. The lowest BCUT2D eigenvalue weighted by Crippen LogP contribution is -2.48. The molecule has 0 saturated carbocycles. The van der Waals surface area contributed by atoms with Gasteiger partial charge in [0.2, 0.25) is 0 Å². The monoisotopic (exact) mass is 303 g/mol. The van der Waals surface area contributed by atoms with Gasteiger partial charge in [-0.3, -0.25) is 0 Å². The van der Waals surface area contributed by atoms with Crippen LogP contribution >= 0.6 is 0 Å². The van der Waals surface area contributed by atoms with E-state index in [1.807, 2.05) is 6.07 Å². The number of hydrogen-bond donors (Lipinski definition) is 2. The van der Waals surface area contributed by atoms with E-state index in [9.17, 15) is 4.39 Å². The Morgan fingerprint density at radius 3 is 2.86 bits per heavy atom. The van der Waals surface area contributed by atoms with Gasteiger partial charge >= 0.3 is 0 Å². The van der Waals surface area contributed by atoms with Crippen molar-refractivity contribution < 1.29 is 4.39 Å². The second kappa shape index (κ2) is 5.82. The summed E-state index contributed by atoms with van der Waals surface area (Å²) in [6.07, 6.45) is 6.20. The van der Waals surface area contributed by atoms with E-state index in [1.165, 1.54) is 31.4 Å². The zero-order chi connectivity index (χ0) is 15.0. The van der Waals surface area contributed by atoms with Gasteiger partial charge in [-0.25, -0.2) is 4.39 Å². The van der Waals surface area contributed by atoms with E-state index >= 15 is 0 Å². The highest BCUT2D eigenvalue weighted by molar-refractivity contribution is 5.60. The predicted molar refractivity (Wildman–Crippen MR) is 87.9 cm³/mol. The summed E-state index contributed by atoms with van der Waals surface area (Å²) < 4.78 is 13.7. The topological polar surface area (TPSA) is 27.3 Å². The van der Waals surface area contributed by atoms with Crippen LogP contribution in [-0.2, 0) is 5.41 Å². The number of likely N-dealkylation sites (tertiary alicyclic amines) is 1. The summed E-state index contributed by atoms with van der Waals surface area (Å²) >= 11 is 0. The molecule has 2 saturated heterocycles. The van der Waals surface area contributed by atoms with E-state index in [-0.39, 0.29) is 11.2 Å². The molecule has 3 heterocycles. The Morgan fingerprint density at radius 1 is 1.14 bits per heavy atom. The number of hydrogen-bond acceptors (Lipinski definition) is 3. The molecule has 2 N–H and O–H groups in total. The number of nitrogens with zero attached hydrogens (tertiary/aromatic N) is 1. The van der Waals surface area contributed by atoms with Gasteiger partial charge in [0.1, 0.15) is 5.82 Å². The van der Waals surface area contributed by atoms with Gasteiger partial charge in [-0.05, 0) is 82.0 Å². The highest BCUT2D eigenvalue weighted by Crippen LogP contribution is 2.44. The maximum atomic E-state index is 13.7. The van der Waals surface area contributed by atoms with E-state index in [2.05, 4.69) is 15.5 Å². The Kier molecular flexibility index (Phi) is 3.82. The van der Waals surface area contributed by atoms with Crippen LogP contribution in [0.5, 0.6) is 0 Å². The number of anilines is 1. The van der Waals surface area contributed by atoms with E-state index in [0.29, 0.717) is 0 Å². The average Bonchev–Trinajstić information content (AvgIpc) is 2.74. The third-order valence-corrected chi connectivity index (χ3v) is 5.99. The standard InChI is InChI=1S/C18H26FN3/c19-14-3-4-17-16(12-14)18(13-21-17)6-10-22(11-7-18)15-2-1-8-20-9-5-15/h3-4,12,15,20-21H,1-2,5-11,13H2. The first-order valence-corrected chi connectivity index (χ1v) is 8.76. The van der Waals surface area contributed by atoms with Crippen LogP contribution in [-0.4, -0.2) is 43.7 Å². The number of rotatable bonds is 1. The number of halogens is 1. The molecule has 1 aromatic rings. The van der Waals surface area contributed by atoms with Crippen molar-refractivity contribution in [2.24, 2.45) is 0 Å². The quantitative estimate of drug-likeness (QED) is 0.835. The SMILES string of the molecule is Fc1ccc2c(c1)C1(CCN(C3CCCNCC3)CC1)CN2. The van der Waals surface area contributed by atoms with Crippen LogP contribution in [0.1, 0.15) is 37.7 Å². The molecule has 1 aromatic carbocycles. The maximum absolute atomic E-state index is 13.7. The molecule has 0 bridgehead atoms. The van der Waals surface area contributed by atoms with Crippen LogP contribution in [0.4, 0.5) is 10.1 Å². The molecule has 0 radical (unpaired) electrons. The maximum Gasteiger partial charge on any atom is 0.123 e. The molecule has 0 aromatic heterocycles. The molecular weight excluding hydrogens is 277 g/mol. The average molecular weight is 303 g/mol. The van der Waals surface area contributed by atoms with Crippen molar-refractivity contribution in [1.82, 2.24) is 10.2 Å². The van der Waals surface area contributed by atoms with Crippen molar-refractivity contribution in [1.29, 1.82) is 0 Å². The number of nitrogens with one attached hydrogen (secondary N) is 2. The zero-order valence-electron chi connectivity index (χ0n) is 13.2. The van der Waals surface area contributed by atoms with Crippen molar-refractivity contribution >= 4 is 5.69 Å². The number of fused-ring (bicyclic) bond motifs is 2. The minimum atomic E-state index is -0.0981. The summed E-state index contributed by atoms with van der Waals surface area (Å²) in [5.74, 6) is -0.0981. The lowest BCUT2D eigenvalue weighted by molar-refractivity contribution is 0.113. The van der Waals surface area contributed by atoms with Crippen LogP contribution < -0.4 is 10.6 Å². The predicted octanol–water partition coefficient (Wildman–Crippen LogP) is 2.73. The van der Waals surface area contributed by atoms with Gasteiger partial charge in [0, 0.05) is 23.7 Å². The summed E-state index contributed by atoms with van der Waals surface area (Å²) in [6, 6.07) is 5.98. The first-order chi connectivity index (χ1) is 10.8. The summed E-state index contributed by atoms with van der Waals surface area (Å²) in [5.41, 5.74) is 2.53. The van der Waals surface area contributed by atoms with Gasteiger partial charge in [-0.2, -0.15) is 0 Å². The van der Waals surface area contributed by atoms with Crippen LogP contribution in [0.25, 0.3) is 0 Å². The first kappa shape index (κ1) is 14.5. The minimum Gasteiger partial charge on any atom is -0.384 e.